The molecule has 0 unspecified atom stereocenters. The van der Waals surface area contributed by atoms with E-state index >= 15 is 0 Å². The lowest BCUT2D eigenvalue weighted by atomic mass is 9.67. The predicted octanol–water partition coefficient (Wildman–Crippen LogP) is 14.6. The van der Waals surface area contributed by atoms with E-state index in [1.807, 2.05) is 0 Å². The van der Waals surface area contributed by atoms with E-state index in [0.29, 0.717) is 0 Å². The number of hydrogen-bond acceptors (Lipinski definition) is 1. The summed E-state index contributed by atoms with van der Waals surface area (Å²) in [6, 6.07) is 78.8. The van der Waals surface area contributed by atoms with E-state index in [1.54, 1.807) is 0 Å². The van der Waals surface area contributed by atoms with Crippen LogP contribution in [0.5, 0.6) is 0 Å². The maximum atomic E-state index is 2.53. The van der Waals surface area contributed by atoms with Gasteiger partial charge in [0, 0.05) is 16.8 Å². The third-order valence-electron chi connectivity index (χ3n) is 12.7. The van der Waals surface area contributed by atoms with Gasteiger partial charge in [0.1, 0.15) is 0 Å². The average molecular weight is 728 g/mol. The molecule has 1 nitrogen and oxygen atoms in total. The molecule has 9 aromatic carbocycles. The smallest absolute Gasteiger partial charge is 0.0714 e. The van der Waals surface area contributed by atoms with Crippen molar-refractivity contribution in [3.63, 3.8) is 0 Å². The Bertz CT molecular complexity index is 2950. The Labute approximate surface area is 335 Å². The fourth-order valence-corrected chi connectivity index (χ4v) is 10.3. The Morgan fingerprint density at radius 2 is 0.912 bits per heavy atom. The van der Waals surface area contributed by atoms with E-state index < -0.39 is 5.41 Å². The number of hydrogen-bond donors (Lipinski definition) is 0. The molecule has 0 aromatic heterocycles. The first-order valence-electron chi connectivity index (χ1n) is 20.0. The van der Waals surface area contributed by atoms with E-state index in [1.165, 1.54) is 83.2 Å². The van der Waals surface area contributed by atoms with Crippen LogP contribution in [0, 0.1) is 0 Å². The summed E-state index contributed by atoms with van der Waals surface area (Å²) in [7, 11) is 0. The number of nitrogens with zero attached hydrogens (tertiary/aromatic N) is 1. The van der Waals surface area contributed by atoms with Crippen molar-refractivity contribution in [3.8, 4) is 33.4 Å². The summed E-state index contributed by atoms with van der Waals surface area (Å²) in [5, 5.41) is 2.50. The number of benzene rings is 9. The summed E-state index contributed by atoms with van der Waals surface area (Å²) >= 11 is 0. The molecule has 0 aliphatic heterocycles. The van der Waals surface area contributed by atoms with Crippen LogP contribution in [0.25, 0.3) is 44.2 Å². The molecule has 2 aliphatic carbocycles. The minimum Gasteiger partial charge on any atom is -0.310 e. The normalized spacial score (nSPS) is 14.1. The van der Waals surface area contributed by atoms with Gasteiger partial charge in [-0.1, -0.05) is 196 Å². The highest BCUT2D eigenvalue weighted by Crippen LogP contribution is 2.59. The van der Waals surface area contributed by atoms with Gasteiger partial charge in [-0.3, -0.25) is 0 Å². The SMILES string of the molecule is CC1(C)c2ccccc2-c2cccc(N(c3cccc(-c4cccc5ccccc45)c3)c3ccc4c(c3)C(c3ccccc3)(c3ccccc3)c3ccccc3-4)c21. The van der Waals surface area contributed by atoms with Crippen LogP contribution in [0.1, 0.15) is 47.2 Å². The van der Waals surface area contributed by atoms with Crippen LogP contribution in [-0.4, -0.2) is 0 Å². The summed E-state index contributed by atoms with van der Waals surface area (Å²) in [5.41, 5.74) is 18.2. The van der Waals surface area contributed by atoms with Gasteiger partial charge < -0.3 is 4.90 Å². The van der Waals surface area contributed by atoms with Crippen molar-refractivity contribution in [2.24, 2.45) is 0 Å². The maximum absolute atomic E-state index is 2.53. The lowest BCUT2D eigenvalue weighted by Crippen LogP contribution is -2.28. The molecule has 270 valence electrons. The molecule has 9 aromatic rings. The van der Waals surface area contributed by atoms with Crippen LogP contribution in [0.4, 0.5) is 17.1 Å². The third-order valence-corrected chi connectivity index (χ3v) is 12.7. The second kappa shape index (κ2) is 12.8. The molecule has 0 amide bonds. The maximum Gasteiger partial charge on any atom is 0.0714 e. The van der Waals surface area contributed by atoms with Crippen molar-refractivity contribution in [2.45, 2.75) is 24.7 Å². The second-order valence-electron chi connectivity index (χ2n) is 16.0. The van der Waals surface area contributed by atoms with E-state index in [4.69, 9.17) is 0 Å². The van der Waals surface area contributed by atoms with Gasteiger partial charge in [-0.2, -0.15) is 0 Å². The van der Waals surface area contributed by atoms with Crippen LogP contribution in [-0.2, 0) is 10.8 Å². The molecule has 0 spiro atoms. The lowest BCUT2D eigenvalue weighted by molar-refractivity contribution is 0.661. The van der Waals surface area contributed by atoms with Crippen molar-refractivity contribution in [1.29, 1.82) is 0 Å². The first-order valence-corrected chi connectivity index (χ1v) is 20.0. The fraction of sp³-hybridized carbons (Fsp3) is 0.0714. The van der Waals surface area contributed by atoms with Crippen molar-refractivity contribution >= 4 is 27.8 Å². The summed E-state index contributed by atoms with van der Waals surface area (Å²) in [5.74, 6) is 0. The Morgan fingerprint density at radius 1 is 0.368 bits per heavy atom. The first-order chi connectivity index (χ1) is 28.0. The van der Waals surface area contributed by atoms with E-state index in [9.17, 15) is 0 Å². The van der Waals surface area contributed by atoms with Gasteiger partial charge in [-0.25, -0.2) is 0 Å². The molecule has 0 saturated heterocycles. The van der Waals surface area contributed by atoms with Crippen molar-refractivity contribution in [1.82, 2.24) is 0 Å². The molecule has 57 heavy (non-hydrogen) atoms. The van der Waals surface area contributed by atoms with Gasteiger partial charge in [0.25, 0.3) is 0 Å². The second-order valence-corrected chi connectivity index (χ2v) is 16.0. The zero-order valence-corrected chi connectivity index (χ0v) is 32.2. The highest BCUT2D eigenvalue weighted by Gasteiger charge is 2.46. The Balaban J connectivity index is 1.20. The van der Waals surface area contributed by atoms with Crippen molar-refractivity contribution < 1.29 is 0 Å². The molecule has 0 heterocycles. The van der Waals surface area contributed by atoms with Crippen LogP contribution in [0.2, 0.25) is 0 Å². The third kappa shape index (κ3) is 4.89. The molecule has 11 rings (SSSR count). The average Bonchev–Trinajstić information content (AvgIpc) is 3.70. The zero-order chi connectivity index (χ0) is 38.1. The summed E-state index contributed by atoms with van der Waals surface area (Å²) in [4.78, 5) is 2.53. The summed E-state index contributed by atoms with van der Waals surface area (Å²) in [6.45, 7) is 4.78. The Kier molecular flexibility index (Phi) is 7.50. The minimum atomic E-state index is -0.505. The van der Waals surface area contributed by atoms with Gasteiger partial charge in [0.15, 0.2) is 0 Å². The monoisotopic (exact) mass is 727 g/mol. The fourth-order valence-electron chi connectivity index (χ4n) is 10.3. The Hall–Kier alpha value is -6.96. The van der Waals surface area contributed by atoms with Gasteiger partial charge in [0.05, 0.1) is 11.1 Å². The number of fused-ring (bicyclic) bond motifs is 7. The quantitative estimate of drug-likeness (QED) is 0.165. The van der Waals surface area contributed by atoms with Gasteiger partial charge in [0.2, 0.25) is 0 Å². The molecule has 0 N–H and O–H groups in total. The Morgan fingerprint density at radius 3 is 1.68 bits per heavy atom. The van der Waals surface area contributed by atoms with Gasteiger partial charge >= 0.3 is 0 Å². The number of anilines is 3. The largest absolute Gasteiger partial charge is 0.310 e. The molecular formula is C56H41N. The summed E-state index contributed by atoms with van der Waals surface area (Å²) in [6.07, 6.45) is 0. The van der Waals surface area contributed by atoms with E-state index in [-0.39, 0.29) is 5.41 Å². The van der Waals surface area contributed by atoms with Crippen LogP contribution < -0.4 is 4.90 Å². The minimum absolute atomic E-state index is 0.210. The van der Waals surface area contributed by atoms with E-state index in [0.717, 1.165) is 11.4 Å². The molecule has 0 atom stereocenters. The lowest BCUT2D eigenvalue weighted by Gasteiger charge is -2.36. The van der Waals surface area contributed by atoms with Crippen molar-refractivity contribution in [2.75, 3.05) is 4.90 Å². The highest BCUT2D eigenvalue weighted by molar-refractivity contribution is 5.98. The van der Waals surface area contributed by atoms with Gasteiger partial charge in [-0.15, -0.1) is 0 Å². The number of rotatable bonds is 6. The van der Waals surface area contributed by atoms with Crippen LogP contribution >= 0.6 is 0 Å². The van der Waals surface area contributed by atoms with Crippen LogP contribution in [0.15, 0.2) is 212 Å². The zero-order valence-electron chi connectivity index (χ0n) is 32.2. The standard InChI is InChI=1S/C56H41N/c1-55(2)50-31-13-11-28-47(50)49-30-17-33-53(54(49)55)57(42-25-15-20-39(36-42)45-29-16-19-38-18-9-10-26-44(38)45)43-34-35-48-46-27-12-14-32-51(46)56(52(48)37-43,40-21-5-3-6-22-40)41-23-7-4-8-24-41/h3-37H,1-2H3. The summed E-state index contributed by atoms with van der Waals surface area (Å²) < 4.78 is 0. The van der Waals surface area contributed by atoms with Gasteiger partial charge in [-0.05, 0) is 108 Å². The molecule has 0 radical (unpaired) electrons. The molecule has 0 fully saturated rings. The molecular weight excluding hydrogens is 687 g/mol. The topological polar surface area (TPSA) is 3.24 Å². The molecule has 0 bridgehead atoms. The van der Waals surface area contributed by atoms with Crippen molar-refractivity contribution in [3.05, 3.63) is 246 Å². The van der Waals surface area contributed by atoms with Crippen LogP contribution in [0.3, 0.4) is 0 Å². The predicted molar refractivity (Wildman–Crippen MR) is 239 cm³/mol. The highest BCUT2D eigenvalue weighted by atomic mass is 15.1. The van der Waals surface area contributed by atoms with E-state index in [2.05, 4.69) is 231 Å². The molecule has 1 heteroatoms. The molecule has 2 aliphatic rings. The first kappa shape index (κ1) is 33.4. The molecule has 0 saturated carbocycles.